The number of carboxylic acid groups (broad SMARTS) is 1. The number of carbonyl (C=O) groups is 1. The number of nitrogens with one attached hydrogen (secondary N) is 1. The fourth-order valence-corrected chi connectivity index (χ4v) is 2.80. The number of benzene rings is 1. The first-order valence-corrected chi connectivity index (χ1v) is 6.74. The highest BCUT2D eigenvalue weighted by atomic mass is 32.2. The maximum atomic E-state index is 10.6. The lowest BCUT2D eigenvalue weighted by Gasteiger charge is -2.21. The van der Waals surface area contributed by atoms with Crippen LogP contribution in [0.5, 0.6) is 5.75 Å². The second-order valence-electron chi connectivity index (χ2n) is 4.48. The van der Waals surface area contributed by atoms with Gasteiger partial charge in [-0.05, 0) is 37.6 Å². The van der Waals surface area contributed by atoms with Gasteiger partial charge < -0.3 is 9.84 Å². The van der Waals surface area contributed by atoms with Gasteiger partial charge in [-0.3, -0.25) is 10.2 Å². The summed E-state index contributed by atoms with van der Waals surface area (Å²) in [6.07, 6.45) is 0.651. The minimum Gasteiger partial charge on any atom is -0.497 e. The molecule has 1 aliphatic heterocycles. The van der Waals surface area contributed by atoms with E-state index in [-0.39, 0.29) is 11.3 Å². The average molecular weight is 280 g/mol. The number of hydrogen-bond donors (Lipinski definition) is 2. The van der Waals surface area contributed by atoms with Crippen LogP contribution in [-0.2, 0) is 4.79 Å². The number of carboxylic acids is 1. The number of thioether (sulfide) groups is 1. The summed E-state index contributed by atoms with van der Waals surface area (Å²) >= 11 is 1.56. The maximum Gasteiger partial charge on any atom is 0.303 e. The molecule has 1 aliphatic rings. The number of rotatable bonds is 5. The van der Waals surface area contributed by atoms with Crippen molar-refractivity contribution in [2.75, 3.05) is 7.11 Å². The van der Waals surface area contributed by atoms with Crippen molar-refractivity contribution in [3.05, 3.63) is 29.8 Å². The molecule has 2 N–H and O–H groups in total. The minimum atomic E-state index is -0.790. The quantitative estimate of drug-likeness (QED) is 0.865. The van der Waals surface area contributed by atoms with Crippen molar-refractivity contribution in [1.29, 1.82) is 0 Å². The maximum absolute atomic E-state index is 10.6. The van der Waals surface area contributed by atoms with E-state index in [4.69, 9.17) is 9.84 Å². The molecule has 0 saturated heterocycles. The number of hydrazone groups is 1. The average Bonchev–Trinajstić information content (AvgIpc) is 2.80. The van der Waals surface area contributed by atoms with E-state index in [0.29, 0.717) is 6.42 Å². The van der Waals surface area contributed by atoms with Gasteiger partial charge in [-0.2, -0.15) is 5.10 Å². The van der Waals surface area contributed by atoms with Gasteiger partial charge in [-0.25, -0.2) is 0 Å². The number of hydrogen-bond acceptors (Lipinski definition) is 5. The zero-order valence-electron chi connectivity index (χ0n) is 10.8. The van der Waals surface area contributed by atoms with Crippen molar-refractivity contribution in [2.45, 2.75) is 24.6 Å². The van der Waals surface area contributed by atoms with Crippen LogP contribution in [0.1, 0.15) is 25.3 Å². The smallest absolute Gasteiger partial charge is 0.303 e. The summed E-state index contributed by atoms with van der Waals surface area (Å²) in [7, 11) is 1.63. The van der Waals surface area contributed by atoms with Crippen molar-refractivity contribution < 1.29 is 14.6 Å². The Morgan fingerprint density at radius 3 is 2.74 bits per heavy atom. The first-order chi connectivity index (χ1) is 9.02. The fourth-order valence-electron chi connectivity index (χ4n) is 1.74. The molecule has 0 bridgehead atoms. The molecule has 1 aromatic carbocycles. The normalized spacial score (nSPS) is 21.7. The van der Waals surface area contributed by atoms with Crippen LogP contribution in [0.15, 0.2) is 29.4 Å². The van der Waals surface area contributed by atoms with Crippen LogP contribution >= 0.6 is 11.8 Å². The molecule has 102 valence electrons. The van der Waals surface area contributed by atoms with E-state index in [1.807, 2.05) is 31.2 Å². The molecule has 0 saturated carbocycles. The number of methoxy groups -OCH3 is 1. The molecule has 1 atom stereocenters. The van der Waals surface area contributed by atoms with Gasteiger partial charge in [0.05, 0.1) is 7.11 Å². The van der Waals surface area contributed by atoms with Crippen LogP contribution in [0, 0.1) is 0 Å². The van der Waals surface area contributed by atoms with Crippen LogP contribution < -0.4 is 10.2 Å². The zero-order chi connectivity index (χ0) is 13.9. The monoisotopic (exact) mass is 280 g/mol. The summed E-state index contributed by atoms with van der Waals surface area (Å²) in [5, 5.41) is 13.9. The lowest BCUT2D eigenvalue weighted by atomic mass is 10.2. The molecule has 0 spiro atoms. The fraction of sp³-hybridized carbons (Fsp3) is 0.385. The van der Waals surface area contributed by atoms with Crippen LogP contribution in [-0.4, -0.2) is 28.1 Å². The van der Waals surface area contributed by atoms with E-state index < -0.39 is 5.97 Å². The van der Waals surface area contributed by atoms with E-state index in [1.54, 1.807) is 18.9 Å². The molecule has 1 unspecified atom stereocenters. The second-order valence-corrected chi connectivity index (χ2v) is 5.98. The topological polar surface area (TPSA) is 70.9 Å². The van der Waals surface area contributed by atoms with Crippen molar-refractivity contribution in [1.82, 2.24) is 5.43 Å². The molecule has 0 radical (unpaired) electrons. The molecule has 19 heavy (non-hydrogen) atoms. The number of aliphatic carboxylic acids is 1. The van der Waals surface area contributed by atoms with Gasteiger partial charge in [0.1, 0.15) is 15.7 Å². The Labute approximate surface area is 116 Å². The van der Waals surface area contributed by atoms with Crippen molar-refractivity contribution in [3.63, 3.8) is 0 Å². The Balaban J connectivity index is 2.01. The third-order valence-electron chi connectivity index (χ3n) is 2.87. The number of ether oxygens (including phenoxy) is 1. The van der Waals surface area contributed by atoms with Crippen LogP contribution in [0.3, 0.4) is 0 Å². The van der Waals surface area contributed by atoms with E-state index in [2.05, 4.69) is 10.5 Å². The molecule has 6 heteroatoms. The van der Waals surface area contributed by atoms with Gasteiger partial charge in [0.2, 0.25) is 0 Å². The van der Waals surface area contributed by atoms with E-state index in [0.717, 1.165) is 16.4 Å². The molecule has 0 amide bonds. The van der Waals surface area contributed by atoms with Gasteiger partial charge in [0.25, 0.3) is 0 Å². The lowest BCUT2D eigenvalue weighted by molar-refractivity contribution is -0.137. The standard InChI is InChI=1S/C13H16N2O3S/c1-13(8-7-11(16)17)15-14-12(19-13)9-3-5-10(18-2)6-4-9/h3-6,15H,7-8H2,1-2H3,(H,16,17). The highest BCUT2D eigenvalue weighted by Gasteiger charge is 2.32. The predicted molar refractivity (Wildman–Crippen MR) is 75.5 cm³/mol. The summed E-state index contributed by atoms with van der Waals surface area (Å²) in [5.41, 5.74) is 4.02. The second kappa shape index (κ2) is 5.52. The molecular weight excluding hydrogens is 264 g/mol. The van der Waals surface area contributed by atoms with Gasteiger partial charge in [-0.1, -0.05) is 11.8 Å². The third-order valence-corrected chi connectivity index (χ3v) is 4.14. The molecule has 1 heterocycles. The summed E-state index contributed by atoms with van der Waals surface area (Å²) in [5.74, 6) is 0.00969. The van der Waals surface area contributed by atoms with Gasteiger partial charge in [0.15, 0.2) is 0 Å². The van der Waals surface area contributed by atoms with E-state index in [1.165, 1.54) is 0 Å². The first-order valence-electron chi connectivity index (χ1n) is 5.92. The first kappa shape index (κ1) is 13.7. The summed E-state index contributed by atoms with van der Waals surface area (Å²) in [4.78, 5) is 10.3. The van der Waals surface area contributed by atoms with Crippen molar-refractivity contribution in [3.8, 4) is 5.75 Å². The van der Waals surface area contributed by atoms with E-state index >= 15 is 0 Å². The summed E-state index contributed by atoms with van der Waals surface area (Å²) < 4.78 is 5.11. The molecule has 0 aliphatic carbocycles. The zero-order valence-corrected chi connectivity index (χ0v) is 11.7. The third kappa shape index (κ3) is 3.41. The highest BCUT2D eigenvalue weighted by Crippen LogP contribution is 2.35. The van der Waals surface area contributed by atoms with Crippen LogP contribution in [0.4, 0.5) is 0 Å². The molecular formula is C13H16N2O3S. The Hall–Kier alpha value is -1.69. The molecule has 5 nitrogen and oxygen atoms in total. The SMILES string of the molecule is COc1ccc(C2=NNC(C)(CCC(=O)O)S2)cc1. The molecule has 1 aromatic rings. The minimum absolute atomic E-state index is 0.127. The molecule has 2 rings (SSSR count). The predicted octanol–water partition coefficient (Wildman–Crippen LogP) is 2.27. The van der Waals surface area contributed by atoms with Crippen molar-refractivity contribution >= 4 is 22.8 Å². The van der Waals surface area contributed by atoms with Crippen LogP contribution in [0.25, 0.3) is 0 Å². The number of nitrogens with zero attached hydrogens (tertiary/aromatic N) is 1. The molecule has 0 fully saturated rings. The highest BCUT2D eigenvalue weighted by molar-refractivity contribution is 8.15. The van der Waals surface area contributed by atoms with Crippen molar-refractivity contribution in [2.24, 2.45) is 5.10 Å². The Bertz CT molecular complexity index is 501. The summed E-state index contributed by atoms with van der Waals surface area (Å²) in [6.45, 7) is 1.96. The Morgan fingerprint density at radius 1 is 1.47 bits per heavy atom. The largest absolute Gasteiger partial charge is 0.497 e. The lowest BCUT2D eigenvalue weighted by Crippen LogP contribution is -2.32. The Morgan fingerprint density at radius 2 is 2.16 bits per heavy atom. The van der Waals surface area contributed by atoms with Gasteiger partial charge in [0, 0.05) is 12.0 Å². The molecule has 0 aromatic heterocycles. The van der Waals surface area contributed by atoms with Crippen LogP contribution in [0.2, 0.25) is 0 Å². The Kier molecular flexibility index (Phi) is 3.99. The van der Waals surface area contributed by atoms with Gasteiger partial charge >= 0.3 is 5.97 Å². The van der Waals surface area contributed by atoms with E-state index in [9.17, 15) is 4.79 Å². The van der Waals surface area contributed by atoms with Gasteiger partial charge in [-0.15, -0.1) is 0 Å². The summed E-state index contributed by atoms with van der Waals surface area (Å²) in [6, 6.07) is 7.64.